The smallest absolute Gasteiger partial charge is 0.250 e. The van der Waals surface area contributed by atoms with Crippen molar-refractivity contribution in [2.24, 2.45) is 0 Å². The first kappa shape index (κ1) is 18.4. The van der Waals surface area contributed by atoms with Gasteiger partial charge in [-0.15, -0.1) is 0 Å². The molecule has 4 rings (SSSR count). The molecule has 0 radical (unpaired) electrons. The lowest BCUT2D eigenvalue weighted by Gasteiger charge is -2.41. The van der Waals surface area contributed by atoms with Gasteiger partial charge >= 0.3 is 0 Å². The largest absolute Gasteiger partial charge is 0.368 e. The van der Waals surface area contributed by atoms with Crippen LogP contribution in [0, 0.1) is 20.8 Å². The molecule has 2 fully saturated rings. The van der Waals surface area contributed by atoms with Gasteiger partial charge in [-0.3, -0.25) is 9.59 Å². The van der Waals surface area contributed by atoms with Crippen molar-refractivity contribution >= 4 is 5.69 Å². The molecule has 0 aliphatic carbocycles. The van der Waals surface area contributed by atoms with Crippen molar-refractivity contribution in [1.29, 1.82) is 0 Å². The zero-order valence-corrected chi connectivity index (χ0v) is 16.8. The molecule has 4 heteroatoms. The summed E-state index contributed by atoms with van der Waals surface area (Å²) in [7, 11) is 0. The standard InChI is InChI=1S/C23H30N2O2/c1-15-13-17(3)19(14-16(15)2)20-21(23(27)22(20)26)25-11-7-18(8-12-25)24-9-5-4-6-10-24/h13-14,18H,4-12H2,1-3H3. The summed E-state index contributed by atoms with van der Waals surface area (Å²) in [4.78, 5) is 29.7. The van der Waals surface area contributed by atoms with Gasteiger partial charge in [-0.2, -0.15) is 0 Å². The first-order chi connectivity index (χ1) is 13.0. The lowest BCUT2D eigenvalue weighted by atomic mass is 9.90. The van der Waals surface area contributed by atoms with E-state index in [1.807, 2.05) is 6.92 Å². The quantitative estimate of drug-likeness (QED) is 0.782. The fraction of sp³-hybridized carbons (Fsp3) is 0.565. The number of hydrogen-bond acceptors (Lipinski definition) is 4. The predicted octanol–water partition coefficient (Wildman–Crippen LogP) is 3.33. The van der Waals surface area contributed by atoms with Crippen molar-refractivity contribution in [1.82, 2.24) is 4.90 Å². The summed E-state index contributed by atoms with van der Waals surface area (Å²) in [5.74, 6) is 0. The second kappa shape index (κ2) is 7.23. The van der Waals surface area contributed by atoms with Crippen molar-refractivity contribution in [2.75, 3.05) is 31.1 Å². The van der Waals surface area contributed by atoms with Gasteiger partial charge in [-0.1, -0.05) is 18.6 Å². The lowest BCUT2D eigenvalue weighted by Crippen LogP contribution is -2.50. The molecule has 0 saturated carbocycles. The van der Waals surface area contributed by atoms with E-state index >= 15 is 0 Å². The number of likely N-dealkylation sites (tertiary alicyclic amines) is 1. The first-order valence-electron chi connectivity index (χ1n) is 10.4. The van der Waals surface area contributed by atoms with E-state index < -0.39 is 0 Å². The number of aryl methyl sites for hydroxylation is 3. The van der Waals surface area contributed by atoms with E-state index in [9.17, 15) is 9.59 Å². The molecule has 0 unspecified atom stereocenters. The molecule has 0 N–H and O–H groups in total. The van der Waals surface area contributed by atoms with Gasteiger partial charge in [0, 0.05) is 19.1 Å². The molecule has 0 amide bonds. The monoisotopic (exact) mass is 366 g/mol. The zero-order chi connectivity index (χ0) is 19.1. The molecule has 0 aromatic heterocycles. The normalized spacial score (nSPS) is 19.7. The molecule has 2 aliphatic rings. The minimum Gasteiger partial charge on any atom is -0.368 e. The summed E-state index contributed by atoms with van der Waals surface area (Å²) in [6.45, 7) is 10.4. The highest BCUT2D eigenvalue weighted by molar-refractivity contribution is 5.84. The van der Waals surface area contributed by atoms with Crippen LogP contribution >= 0.6 is 0 Å². The molecule has 2 heterocycles. The van der Waals surface area contributed by atoms with E-state index in [4.69, 9.17) is 0 Å². The Hall–Kier alpha value is -1.94. The highest BCUT2D eigenvalue weighted by Crippen LogP contribution is 2.33. The van der Waals surface area contributed by atoms with Crippen molar-refractivity contribution < 1.29 is 0 Å². The number of nitrogens with zero attached hydrogens (tertiary/aromatic N) is 2. The molecule has 2 saturated heterocycles. The minimum atomic E-state index is -0.311. The van der Waals surface area contributed by atoms with Crippen LogP contribution in [0.3, 0.4) is 0 Å². The average molecular weight is 367 g/mol. The lowest BCUT2D eigenvalue weighted by molar-refractivity contribution is 0.141. The van der Waals surface area contributed by atoms with Gasteiger partial charge in [0.15, 0.2) is 0 Å². The molecule has 0 bridgehead atoms. The van der Waals surface area contributed by atoms with Crippen LogP contribution < -0.4 is 15.8 Å². The molecule has 2 aromatic rings. The second-order valence-electron chi connectivity index (χ2n) is 8.45. The maximum Gasteiger partial charge on any atom is 0.250 e. The van der Waals surface area contributed by atoms with Crippen LogP contribution in [0.2, 0.25) is 0 Å². The number of benzene rings is 1. The van der Waals surface area contributed by atoms with E-state index in [0.29, 0.717) is 17.3 Å². The Kier molecular flexibility index (Phi) is 4.94. The summed E-state index contributed by atoms with van der Waals surface area (Å²) in [6, 6.07) is 4.83. The van der Waals surface area contributed by atoms with Gasteiger partial charge in [-0.05, 0) is 81.8 Å². The van der Waals surface area contributed by atoms with Gasteiger partial charge in [-0.25, -0.2) is 0 Å². The minimum absolute atomic E-state index is 0.293. The third kappa shape index (κ3) is 3.25. The Labute approximate surface area is 161 Å². The second-order valence-corrected chi connectivity index (χ2v) is 8.45. The predicted molar refractivity (Wildman–Crippen MR) is 112 cm³/mol. The van der Waals surface area contributed by atoms with Gasteiger partial charge in [0.05, 0.1) is 5.56 Å². The Morgan fingerprint density at radius 3 is 2.07 bits per heavy atom. The van der Waals surface area contributed by atoms with Gasteiger partial charge < -0.3 is 9.80 Å². The summed E-state index contributed by atoms with van der Waals surface area (Å²) in [5.41, 5.74) is 5.12. The Bertz CT molecular complexity index is 909. The van der Waals surface area contributed by atoms with Gasteiger partial charge in [0.2, 0.25) is 10.9 Å². The maximum absolute atomic E-state index is 12.4. The van der Waals surface area contributed by atoms with E-state index in [1.54, 1.807) is 0 Å². The molecular formula is C23H30N2O2. The summed E-state index contributed by atoms with van der Waals surface area (Å²) in [5, 5.41) is 0. The third-order valence-corrected chi connectivity index (χ3v) is 6.68. The zero-order valence-electron chi connectivity index (χ0n) is 16.8. The number of piperidine rings is 2. The SMILES string of the molecule is Cc1cc(C)c(-c2c(N3CCC(N4CCCCC4)CC3)c(=O)c2=O)cc1C. The van der Waals surface area contributed by atoms with Crippen LogP contribution in [-0.4, -0.2) is 37.1 Å². The van der Waals surface area contributed by atoms with Crippen molar-refractivity contribution in [3.8, 4) is 11.1 Å². The molecule has 27 heavy (non-hydrogen) atoms. The van der Waals surface area contributed by atoms with Gasteiger partial charge in [0.1, 0.15) is 5.69 Å². The topological polar surface area (TPSA) is 40.6 Å². The number of rotatable bonds is 3. The van der Waals surface area contributed by atoms with Crippen molar-refractivity contribution in [3.05, 3.63) is 49.3 Å². The van der Waals surface area contributed by atoms with E-state index in [2.05, 4.69) is 35.8 Å². The first-order valence-corrected chi connectivity index (χ1v) is 10.4. The maximum atomic E-state index is 12.4. The highest BCUT2D eigenvalue weighted by Gasteiger charge is 2.32. The Morgan fingerprint density at radius 1 is 0.778 bits per heavy atom. The molecule has 2 aromatic carbocycles. The van der Waals surface area contributed by atoms with E-state index in [0.717, 1.165) is 37.1 Å². The van der Waals surface area contributed by atoms with Crippen molar-refractivity contribution in [3.63, 3.8) is 0 Å². The molecular weight excluding hydrogens is 336 g/mol. The van der Waals surface area contributed by atoms with Crippen LogP contribution in [0.15, 0.2) is 21.7 Å². The van der Waals surface area contributed by atoms with Crippen LogP contribution in [0.25, 0.3) is 11.1 Å². The highest BCUT2D eigenvalue weighted by atomic mass is 16.2. The summed E-state index contributed by atoms with van der Waals surface area (Å²) < 4.78 is 0. The molecule has 144 valence electrons. The third-order valence-electron chi connectivity index (χ3n) is 6.68. The molecule has 0 spiro atoms. The van der Waals surface area contributed by atoms with Crippen molar-refractivity contribution in [2.45, 2.75) is 58.9 Å². The number of anilines is 1. The van der Waals surface area contributed by atoms with Gasteiger partial charge in [0.25, 0.3) is 0 Å². The fourth-order valence-electron chi connectivity index (χ4n) is 4.90. The Balaban J connectivity index is 1.56. The van der Waals surface area contributed by atoms with Crippen LogP contribution in [-0.2, 0) is 0 Å². The summed E-state index contributed by atoms with van der Waals surface area (Å²) in [6.07, 6.45) is 6.16. The van der Waals surface area contributed by atoms with Crippen LogP contribution in [0.1, 0.15) is 48.8 Å². The van der Waals surface area contributed by atoms with E-state index in [1.165, 1.54) is 43.5 Å². The fourth-order valence-corrected chi connectivity index (χ4v) is 4.90. The van der Waals surface area contributed by atoms with E-state index in [-0.39, 0.29) is 10.9 Å². The molecule has 4 nitrogen and oxygen atoms in total. The summed E-state index contributed by atoms with van der Waals surface area (Å²) >= 11 is 0. The Morgan fingerprint density at radius 2 is 1.41 bits per heavy atom. The molecule has 2 aliphatic heterocycles. The van der Waals surface area contributed by atoms with Crippen LogP contribution in [0.4, 0.5) is 5.69 Å². The average Bonchev–Trinajstić information content (AvgIpc) is 2.69. The molecule has 0 atom stereocenters. The number of hydrogen-bond donors (Lipinski definition) is 0. The van der Waals surface area contributed by atoms with Crippen LogP contribution in [0.5, 0.6) is 0 Å².